The maximum atomic E-state index is 14.1. The number of sulfonamides is 1. The van der Waals surface area contributed by atoms with Gasteiger partial charge < -0.3 is 10.2 Å². The lowest BCUT2D eigenvalue weighted by Gasteiger charge is -2.33. The average Bonchev–Trinajstić information content (AvgIpc) is 2.97. The smallest absolute Gasteiger partial charge is 0.264 e. The summed E-state index contributed by atoms with van der Waals surface area (Å²) < 4.78 is 42.7. The number of rotatable bonds is 10. The zero-order chi connectivity index (χ0) is 29.6. The molecular formula is C32H38FN3O4S. The standard InChI is InChI=1S/C32H38FN3O4S/c1-23-14-15-24(2)30(20-23)36(41(39,40)29-12-8-5-9-13-29)22-31(37)35(21-26-16-18-27(33)19-17-26)25(3)32(38)34-28-10-6-4-7-11-28/h5,8-9,12-20,25,28H,4,6-7,10-11,21-22H2,1-3H3,(H,34,38)/t25-/m1/s1. The molecule has 9 heteroatoms. The van der Waals surface area contributed by atoms with Crippen LogP contribution in [0, 0.1) is 19.7 Å². The van der Waals surface area contributed by atoms with E-state index in [0.717, 1.165) is 42.0 Å². The molecule has 7 nitrogen and oxygen atoms in total. The third kappa shape index (κ3) is 7.52. The summed E-state index contributed by atoms with van der Waals surface area (Å²) in [6.07, 6.45) is 5.00. The Bertz CT molecular complexity index is 1460. The molecule has 0 radical (unpaired) electrons. The molecule has 1 aliphatic rings. The van der Waals surface area contributed by atoms with Crippen molar-refractivity contribution < 1.29 is 22.4 Å². The van der Waals surface area contributed by atoms with E-state index in [9.17, 15) is 22.4 Å². The van der Waals surface area contributed by atoms with Gasteiger partial charge in [0.2, 0.25) is 11.8 Å². The van der Waals surface area contributed by atoms with E-state index in [0.29, 0.717) is 16.8 Å². The molecule has 1 N–H and O–H groups in total. The Labute approximate surface area is 242 Å². The van der Waals surface area contributed by atoms with Gasteiger partial charge in [-0.05, 0) is 80.6 Å². The highest BCUT2D eigenvalue weighted by Crippen LogP contribution is 2.28. The summed E-state index contributed by atoms with van der Waals surface area (Å²) in [7, 11) is -4.13. The quantitative estimate of drug-likeness (QED) is 0.344. The molecule has 1 atom stereocenters. The van der Waals surface area contributed by atoms with E-state index in [1.165, 1.54) is 29.2 Å². The lowest BCUT2D eigenvalue weighted by Crippen LogP contribution is -2.53. The van der Waals surface area contributed by atoms with Crippen molar-refractivity contribution >= 4 is 27.5 Å². The highest BCUT2D eigenvalue weighted by molar-refractivity contribution is 7.92. The van der Waals surface area contributed by atoms with Crippen LogP contribution < -0.4 is 9.62 Å². The Morgan fingerprint density at radius 2 is 1.61 bits per heavy atom. The largest absolute Gasteiger partial charge is 0.352 e. The van der Waals surface area contributed by atoms with Gasteiger partial charge in [-0.3, -0.25) is 13.9 Å². The van der Waals surface area contributed by atoms with Gasteiger partial charge in [-0.2, -0.15) is 0 Å². The molecule has 1 fully saturated rings. The van der Waals surface area contributed by atoms with Crippen molar-refractivity contribution in [1.29, 1.82) is 0 Å². The third-order valence-corrected chi connectivity index (χ3v) is 9.40. The van der Waals surface area contributed by atoms with Gasteiger partial charge in [-0.1, -0.05) is 61.7 Å². The molecule has 218 valence electrons. The highest BCUT2D eigenvalue weighted by Gasteiger charge is 2.33. The number of carbonyl (C=O) groups is 2. The Kier molecular flexibility index (Phi) is 9.81. The first-order valence-corrected chi connectivity index (χ1v) is 15.5. The van der Waals surface area contributed by atoms with Crippen LogP contribution in [0.1, 0.15) is 55.7 Å². The van der Waals surface area contributed by atoms with Crippen molar-refractivity contribution in [1.82, 2.24) is 10.2 Å². The zero-order valence-electron chi connectivity index (χ0n) is 23.8. The number of nitrogens with zero attached hydrogens (tertiary/aromatic N) is 2. The molecular weight excluding hydrogens is 541 g/mol. The maximum Gasteiger partial charge on any atom is 0.264 e. The number of benzene rings is 3. The number of anilines is 1. The van der Waals surface area contributed by atoms with Gasteiger partial charge in [0.1, 0.15) is 18.4 Å². The number of amides is 2. The SMILES string of the molecule is Cc1ccc(C)c(N(CC(=O)N(Cc2ccc(F)cc2)[C@H](C)C(=O)NC2CCCCC2)S(=O)(=O)c2ccccc2)c1. The van der Waals surface area contributed by atoms with Crippen molar-refractivity contribution in [2.45, 2.75) is 76.4 Å². The maximum absolute atomic E-state index is 14.1. The van der Waals surface area contributed by atoms with E-state index in [1.54, 1.807) is 50.2 Å². The van der Waals surface area contributed by atoms with Gasteiger partial charge in [0, 0.05) is 12.6 Å². The molecule has 0 bridgehead atoms. The fourth-order valence-corrected chi connectivity index (χ4v) is 6.65. The number of nitrogens with one attached hydrogen (secondary N) is 1. The van der Waals surface area contributed by atoms with Gasteiger partial charge in [0.25, 0.3) is 10.0 Å². The topological polar surface area (TPSA) is 86.8 Å². The summed E-state index contributed by atoms with van der Waals surface area (Å²) in [6.45, 7) is 4.81. The van der Waals surface area contributed by atoms with Crippen LogP contribution in [0.15, 0.2) is 77.7 Å². The Balaban J connectivity index is 1.69. The van der Waals surface area contributed by atoms with Crippen LogP contribution in [0.25, 0.3) is 0 Å². The molecule has 41 heavy (non-hydrogen) atoms. The number of hydrogen-bond donors (Lipinski definition) is 1. The van der Waals surface area contributed by atoms with Gasteiger partial charge in [0.05, 0.1) is 10.6 Å². The van der Waals surface area contributed by atoms with Gasteiger partial charge >= 0.3 is 0 Å². The molecule has 1 saturated carbocycles. The van der Waals surface area contributed by atoms with E-state index < -0.39 is 34.3 Å². The Hall–Kier alpha value is -3.72. The van der Waals surface area contributed by atoms with Crippen LogP contribution in [0.4, 0.5) is 10.1 Å². The molecule has 3 aromatic rings. The lowest BCUT2D eigenvalue weighted by atomic mass is 9.95. The second-order valence-corrected chi connectivity index (χ2v) is 12.6. The molecule has 0 spiro atoms. The first-order valence-electron chi connectivity index (χ1n) is 14.1. The van der Waals surface area contributed by atoms with Gasteiger partial charge in [0.15, 0.2) is 0 Å². The van der Waals surface area contributed by atoms with Crippen molar-refractivity contribution in [3.63, 3.8) is 0 Å². The van der Waals surface area contributed by atoms with E-state index in [1.807, 2.05) is 19.1 Å². The minimum Gasteiger partial charge on any atom is -0.352 e. The van der Waals surface area contributed by atoms with Crippen LogP contribution in [-0.2, 0) is 26.2 Å². The first kappa shape index (κ1) is 30.2. The van der Waals surface area contributed by atoms with Crippen LogP contribution in [-0.4, -0.2) is 43.8 Å². The fraction of sp³-hybridized carbons (Fsp3) is 0.375. The second-order valence-electron chi connectivity index (χ2n) is 10.8. The summed E-state index contributed by atoms with van der Waals surface area (Å²) in [5.41, 5.74) is 2.55. The first-order chi connectivity index (χ1) is 19.6. The normalized spacial score (nSPS) is 14.7. The number of carbonyl (C=O) groups excluding carboxylic acids is 2. The van der Waals surface area contributed by atoms with Crippen molar-refractivity contribution in [2.24, 2.45) is 0 Å². The minimum absolute atomic E-state index is 0.0182. The van der Waals surface area contributed by atoms with E-state index in [-0.39, 0.29) is 23.4 Å². The number of halogens is 1. The average molecular weight is 580 g/mol. The Morgan fingerprint density at radius 1 is 0.951 bits per heavy atom. The fourth-order valence-electron chi connectivity index (χ4n) is 5.16. The monoisotopic (exact) mass is 579 g/mol. The van der Waals surface area contributed by atoms with Crippen molar-refractivity contribution in [3.8, 4) is 0 Å². The van der Waals surface area contributed by atoms with Crippen molar-refractivity contribution in [3.05, 3.63) is 95.3 Å². The summed E-state index contributed by atoms with van der Waals surface area (Å²) in [5.74, 6) is -1.25. The summed E-state index contributed by atoms with van der Waals surface area (Å²) in [6, 6.07) is 18.3. The Morgan fingerprint density at radius 3 is 2.27 bits per heavy atom. The van der Waals surface area contributed by atoms with Gasteiger partial charge in [-0.25, -0.2) is 12.8 Å². The minimum atomic E-state index is -4.13. The summed E-state index contributed by atoms with van der Waals surface area (Å²) >= 11 is 0. The molecule has 0 unspecified atom stereocenters. The van der Waals surface area contributed by atoms with Crippen LogP contribution >= 0.6 is 0 Å². The molecule has 2 amide bonds. The van der Waals surface area contributed by atoms with Crippen LogP contribution in [0.2, 0.25) is 0 Å². The van der Waals surface area contributed by atoms with E-state index >= 15 is 0 Å². The second kappa shape index (κ2) is 13.3. The van der Waals surface area contributed by atoms with Gasteiger partial charge in [-0.15, -0.1) is 0 Å². The molecule has 0 heterocycles. The predicted molar refractivity (Wildman–Crippen MR) is 158 cm³/mol. The lowest BCUT2D eigenvalue weighted by molar-refractivity contribution is -0.139. The summed E-state index contributed by atoms with van der Waals surface area (Å²) in [5, 5.41) is 3.08. The van der Waals surface area contributed by atoms with E-state index in [2.05, 4.69) is 5.32 Å². The van der Waals surface area contributed by atoms with Crippen LogP contribution in [0.3, 0.4) is 0 Å². The number of aryl methyl sites for hydroxylation is 2. The molecule has 0 aliphatic heterocycles. The predicted octanol–water partition coefficient (Wildman–Crippen LogP) is 5.50. The third-order valence-electron chi connectivity index (χ3n) is 7.63. The molecule has 0 aromatic heterocycles. The highest BCUT2D eigenvalue weighted by atomic mass is 32.2. The molecule has 4 rings (SSSR count). The molecule has 3 aromatic carbocycles. The van der Waals surface area contributed by atoms with Crippen LogP contribution in [0.5, 0.6) is 0 Å². The molecule has 0 saturated heterocycles. The number of hydrogen-bond acceptors (Lipinski definition) is 4. The molecule has 1 aliphatic carbocycles. The van der Waals surface area contributed by atoms with Crippen molar-refractivity contribution in [2.75, 3.05) is 10.8 Å². The zero-order valence-corrected chi connectivity index (χ0v) is 24.7. The van der Waals surface area contributed by atoms with E-state index in [4.69, 9.17) is 0 Å². The summed E-state index contributed by atoms with van der Waals surface area (Å²) in [4.78, 5) is 28.9.